The maximum Gasteiger partial charge on any atom is 0.161 e. The molecule has 0 saturated carbocycles. The largest absolute Gasteiger partial charge is 0.396 e. The minimum atomic E-state index is -1.23. The molecule has 0 aliphatic carbocycles. The Kier molecular flexibility index (Phi) is 3.04. The van der Waals surface area contributed by atoms with Crippen LogP contribution in [0, 0.1) is 17.5 Å². The number of benzene rings is 1. The van der Waals surface area contributed by atoms with E-state index < -0.39 is 23.0 Å². The molecule has 0 spiro atoms. The van der Waals surface area contributed by atoms with E-state index in [0.29, 0.717) is 6.07 Å². The summed E-state index contributed by atoms with van der Waals surface area (Å²) in [7, 11) is 0. The molecule has 0 amide bonds. The Bertz CT molecular complexity index is 627. The first kappa shape index (κ1) is 13.5. The highest BCUT2D eigenvalue weighted by atomic mass is 19.2. The van der Waals surface area contributed by atoms with Gasteiger partial charge in [0.2, 0.25) is 0 Å². The van der Waals surface area contributed by atoms with Crippen LogP contribution in [-0.4, -0.2) is 9.78 Å². The highest BCUT2D eigenvalue weighted by Gasteiger charge is 2.24. The van der Waals surface area contributed by atoms with Gasteiger partial charge in [0.1, 0.15) is 5.82 Å². The fourth-order valence-electron chi connectivity index (χ4n) is 1.84. The van der Waals surface area contributed by atoms with Crippen LogP contribution in [0.1, 0.15) is 20.8 Å². The van der Waals surface area contributed by atoms with Gasteiger partial charge in [-0.1, -0.05) is 0 Å². The molecule has 3 nitrogen and oxygen atoms in total. The van der Waals surface area contributed by atoms with Gasteiger partial charge in [0, 0.05) is 11.6 Å². The van der Waals surface area contributed by atoms with Crippen LogP contribution < -0.4 is 5.73 Å². The van der Waals surface area contributed by atoms with E-state index in [1.165, 1.54) is 10.9 Å². The third-order valence-electron chi connectivity index (χ3n) is 2.70. The maximum absolute atomic E-state index is 13.8. The molecule has 0 saturated heterocycles. The summed E-state index contributed by atoms with van der Waals surface area (Å²) in [5.41, 5.74) is 5.63. The molecule has 0 unspecified atom stereocenters. The van der Waals surface area contributed by atoms with Crippen molar-refractivity contribution in [3.05, 3.63) is 35.8 Å². The third kappa shape index (κ3) is 2.30. The van der Waals surface area contributed by atoms with Gasteiger partial charge in [0.05, 0.1) is 23.1 Å². The number of hydrogen-bond acceptors (Lipinski definition) is 2. The molecule has 19 heavy (non-hydrogen) atoms. The van der Waals surface area contributed by atoms with Gasteiger partial charge in [-0.2, -0.15) is 5.10 Å². The highest BCUT2D eigenvalue weighted by molar-refractivity contribution is 5.73. The zero-order valence-corrected chi connectivity index (χ0v) is 10.8. The number of nitrogen functional groups attached to an aromatic ring is 1. The summed E-state index contributed by atoms with van der Waals surface area (Å²) in [5, 5.41) is 4.07. The molecule has 0 atom stereocenters. The summed E-state index contributed by atoms with van der Waals surface area (Å²) in [6, 6.07) is 1.30. The van der Waals surface area contributed by atoms with Crippen LogP contribution in [0.2, 0.25) is 0 Å². The number of anilines is 1. The Morgan fingerprint density at radius 3 is 2.21 bits per heavy atom. The van der Waals surface area contributed by atoms with E-state index in [1.54, 1.807) is 0 Å². The molecule has 0 fully saturated rings. The molecule has 2 aromatic rings. The van der Waals surface area contributed by atoms with E-state index >= 15 is 0 Å². The maximum atomic E-state index is 13.8. The smallest absolute Gasteiger partial charge is 0.161 e. The van der Waals surface area contributed by atoms with Crippen molar-refractivity contribution < 1.29 is 13.2 Å². The molecule has 0 aliphatic heterocycles. The SMILES string of the molecule is CC(C)(C)n1ncc(N)c1-c1cc(F)c(F)cc1F. The number of rotatable bonds is 1. The second-order valence-electron chi connectivity index (χ2n) is 5.28. The monoisotopic (exact) mass is 269 g/mol. The molecular weight excluding hydrogens is 255 g/mol. The Hall–Kier alpha value is -1.98. The average molecular weight is 269 g/mol. The summed E-state index contributed by atoms with van der Waals surface area (Å²) in [6.07, 6.45) is 1.36. The topological polar surface area (TPSA) is 43.8 Å². The summed E-state index contributed by atoms with van der Waals surface area (Å²) in [5.74, 6) is -3.24. The summed E-state index contributed by atoms with van der Waals surface area (Å²) < 4.78 is 41.6. The van der Waals surface area contributed by atoms with Gasteiger partial charge in [-0.15, -0.1) is 0 Å². The van der Waals surface area contributed by atoms with Gasteiger partial charge in [-0.05, 0) is 26.8 Å². The van der Waals surface area contributed by atoms with Crippen LogP contribution in [0.3, 0.4) is 0 Å². The first-order valence-corrected chi connectivity index (χ1v) is 5.70. The lowest BCUT2D eigenvalue weighted by Crippen LogP contribution is -2.24. The number of aromatic nitrogens is 2. The van der Waals surface area contributed by atoms with Gasteiger partial charge in [-0.3, -0.25) is 4.68 Å². The van der Waals surface area contributed by atoms with Crippen molar-refractivity contribution in [3.8, 4) is 11.3 Å². The van der Waals surface area contributed by atoms with Gasteiger partial charge in [0.15, 0.2) is 11.6 Å². The Morgan fingerprint density at radius 1 is 1.05 bits per heavy atom. The van der Waals surface area contributed by atoms with Gasteiger partial charge in [0.25, 0.3) is 0 Å². The molecule has 2 N–H and O–H groups in total. The molecule has 1 aromatic heterocycles. The number of halogens is 3. The van der Waals surface area contributed by atoms with Gasteiger partial charge >= 0.3 is 0 Å². The van der Waals surface area contributed by atoms with Crippen molar-refractivity contribution in [2.24, 2.45) is 0 Å². The zero-order chi connectivity index (χ0) is 14.4. The lowest BCUT2D eigenvalue weighted by atomic mass is 10.1. The van der Waals surface area contributed by atoms with E-state index in [2.05, 4.69) is 5.10 Å². The normalized spacial score (nSPS) is 11.9. The third-order valence-corrected chi connectivity index (χ3v) is 2.70. The molecule has 2 rings (SSSR count). The standard InChI is InChI=1S/C13H14F3N3/c1-13(2,3)19-12(11(17)6-18-19)7-4-9(15)10(16)5-8(7)14/h4-6H,17H2,1-3H3. The second kappa shape index (κ2) is 4.29. The van der Waals surface area contributed by atoms with E-state index in [0.717, 1.165) is 6.07 Å². The Balaban J connectivity index is 2.73. The molecule has 0 aliphatic rings. The lowest BCUT2D eigenvalue weighted by molar-refractivity contribution is 0.359. The predicted molar refractivity (Wildman–Crippen MR) is 66.9 cm³/mol. The summed E-state index contributed by atoms with van der Waals surface area (Å²) in [6.45, 7) is 5.54. The molecule has 1 heterocycles. The molecule has 6 heteroatoms. The first-order chi connectivity index (χ1) is 8.71. The zero-order valence-electron chi connectivity index (χ0n) is 10.8. The van der Waals surface area contributed by atoms with E-state index in [9.17, 15) is 13.2 Å². The first-order valence-electron chi connectivity index (χ1n) is 5.70. The van der Waals surface area contributed by atoms with Crippen LogP contribution in [-0.2, 0) is 5.54 Å². The Morgan fingerprint density at radius 2 is 1.63 bits per heavy atom. The number of nitrogens with two attached hydrogens (primary N) is 1. The van der Waals surface area contributed by atoms with Crippen LogP contribution >= 0.6 is 0 Å². The molecule has 0 radical (unpaired) electrons. The minimum Gasteiger partial charge on any atom is -0.396 e. The van der Waals surface area contributed by atoms with Crippen molar-refractivity contribution >= 4 is 5.69 Å². The van der Waals surface area contributed by atoms with Gasteiger partial charge in [-0.25, -0.2) is 13.2 Å². The molecule has 102 valence electrons. The van der Waals surface area contributed by atoms with E-state index in [1.807, 2.05) is 20.8 Å². The average Bonchev–Trinajstić information content (AvgIpc) is 2.65. The van der Waals surface area contributed by atoms with E-state index in [-0.39, 0.29) is 16.9 Å². The van der Waals surface area contributed by atoms with Crippen LogP contribution in [0.25, 0.3) is 11.3 Å². The molecule has 0 bridgehead atoms. The number of nitrogens with zero attached hydrogens (tertiary/aromatic N) is 2. The quantitative estimate of drug-likeness (QED) is 0.807. The van der Waals surface area contributed by atoms with Crippen molar-refractivity contribution in [2.75, 3.05) is 5.73 Å². The van der Waals surface area contributed by atoms with Crippen molar-refractivity contribution in [1.29, 1.82) is 0 Å². The minimum absolute atomic E-state index is 0.108. The fourth-order valence-corrected chi connectivity index (χ4v) is 1.84. The van der Waals surface area contributed by atoms with Crippen LogP contribution in [0.4, 0.5) is 18.9 Å². The fraction of sp³-hybridized carbons (Fsp3) is 0.308. The predicted octanol–water partition coefficient (Wildman–Crippen LogP) is 3.30. The summed E-state index contributed by atoms with van der Waals surface area (Å²) >= 11 is 0. The highest BCUT2D eigenvalue weighted by Crippen LogP contribution is 2.33. The van der Waals surface area contributed by atoms with E-state index in [4.69, 9.17) is 5.73 Å². The van der Waals surface area contributed by atoms with Crippen LogP contribution in [0.5, 0.6) is 0 Å². The van der Waals surface area contributed by atoms with Gasteiger partial charge < -0.3 is 5.73 Å². The second-order valence-corrected chi connectivity index (χ2v) is 5.28. The Labute approximate surface area is 108 Å². The van der Waals surface area contributed by atoms with Crippen molar-refractivity contribution in [3.63, 3.8) is 0 Å². The molecule has 1 aromatic carbocycles. The lowest BCUT2D eigenvalue weighted by Gasteiger charge is -2.23. The van der Waals surface area contributed by atoms with Crippen molar-refractivity contribution in [2.45, 2.75) is 26.3 Å². The van der Waals surface area contributed by atoms with Crippen LogP contribution in [0.15, 0.2) is 18.3 Å². The van der Waals surface area contributed by atoms with Crippen molar-refractivity contribution in [1.82, 2.24) is 9.78 Å². The number of hydrogen-bond donors (Lipinski definition) is 1. The molecular formula is C13H14F3N3. The summed E-state index contributed by atoms with van der Waals surface area (Å²) in [4.78, 5) is 0.